The Morgan fingerprint density at radius 1 is 1.30 bits per heavy atom. The summed E-state index contributed by atoms with van der Waals surface area (Å²) in [6, 6.07) is 15.1. The molecule has 4 rings (SSSR count). The fourth-order valence-corrected chi connectivity index (χ4v) is 4.64. The van der Waals surface area contributed by atoms with Gasteiger partial charge in [0, 0.05) is 23.9 Å². The Balaban J connectivity index is 1.83. The summed E-state index contributed by atoms with van der Waals surface area (Å²) in [4.78, 5) is 12.7. The molecule has 30 heavy (non-hydrogen) atoms. The largest absolute Gasteiger partial charge is 0.462 e. The molecular weight excluding hydrogens is 376 g/mol. The molecule has 0 amide bonds. The molecular formula is C24H28N4O2. The average Bonchev–Trinajstić information content (AvgIpc) is 3.03. The van der Waals surface area contributed by atoms with Crippen molar-refractivity contribution < 1.29 is 9.53 Å². The topological polar surface area (TPSA) is 93.1 Å². The van der Waals surface area contributed by atoms with Crippen LogP contribution in [0, 0.1) is 5.41 Å². The molecule has 0 radical (unpaired) electrons. The number of nitrogens with one attached hydrogen (secondary N) is 2. The minimum absolute atomic E-state index is 0.130. The summed E-state index contributed by atoms with van der Waals surface area (Å²) in [6.45, 7) is 2.40. The zero-order chi connectivity index (χ0) is 21.3. The molecule has 0 aliphatic heterocycles. The van der Waals surface area contributed by atoms with Crippen LogP contribution in [0.25, 0.3) is 10.9 Å². The number of aryl methyl sites for hydroxylation is 2. The second kappa shape index (κ2) is 8.22. The van der Waals surface area contributed by atoms with Gasteiger partial charge in [0.2, 0.25) is 0 Å². The SMILES string of the molecule is CCOC(=O)c1c(CNC(=N)N)n(C)c2cc(C3CCCc4ccccc43)ccc12. The van der Waals surface area contributed by atoms with Crippen LogP contribution >= 0.6 is 0 Å². The summed E-state index contributed by atoms with van der Waals surface area (Å²) >= 11 is 0. The van der Waals surface area contributed by atoms with Gasteiger partial charge in [-0.1, -0.05) is 36.4 Å². The summed E-state index contributed by atoms with van der Waals surface area (Å²) in [5.74, 6) is -0.118. The fraction of sp³-hybridized carbons (Fsp3) is 0.333. The van der Waals surface area contributed by atoms with Gasteiger partial charge >= 0.3 is 5.97 Å². The Morgan fingerprint density at radius 2 is 2.10 bits per heavy atom. The van der Waals surface area contributed by atoms with Crippen LogP contribution in [0.4, 0.5) is 0 Å². The number of ether oxygens (including phenoxy) is 1. The van der Waals surface area contributed by atoms with E-state index >= 15 is 0 Å². The van der Waals surface area contributed by atoms with E-state index in [9.17, 15) is 4.79 Å². The molecule has 0 saturated carbocycles. The van der Waals surface area contributed by atoms with Crippen molar-refractivity contribution in [2.45, 2.75) is 38.6 Å². The number of aromatic nitrogens is 1. The second-order valence-corrected chi connectivity index (χ2v) is 7.79. The van der Waals surface area contributed by atoms with E-state index in [1.807, 2.05) is 17.7 Å². The van der Waals surface area contributed by atoms with Crippen molar-refractivity contribution in [3.8, 4) is 0 Å². The van der Waals surface area contributed by atoms with Crippen molar-refractivity contribution in [2.75, 3.05) is 6.61 Å². The van der Waals surface area contributed by atoms with Gasteiger partial charge in [0.25, 0.3) is 0 Å². The maximum absolute atomic E-state index is 12.7. The van der Waals surface area contributed by atoms with Crippen LogP contribution in [0.3, 0.4) is 0 Å². The van der Waals surface area contributed by atoms with Gasteiger partial charge in [-0.3, -0.25) is 5.41 Å². The number of rotatable bonds is 5. The van der Waals surface area contributed by atoms with E-state index < -0.39 is 0 Å². The van der Waals surface area contributed by atoms with Gasteiger partial charge in [-0.2, -0.15) is 0 Å². The van der Waals surface area contributed by atoms with Crippen molar-refractivity contribution in [1.29, 1.82) is 5.41 Å². The molecule has 1 aliphatic carbocycles. The van der Waals surface area contributed by atoms with Crippen molar-refractivity contribution in [1.82, 2.24) is 9.88 Å². The molecule has 1 aromatic heterocycles. The lowest BCUT2D eigenvalue weighted by molar-refractivity contribution is 0.0527. The normalized spacial score (nSPS) is 15.6. The molecule has 3 aromatic rings. The molecule has 1 aliphatic rings. The average molecular weight is 405 g/mol. The highest BCUT2D eigenvalue weighted by Crippen LogP contribution is 2.38. The van der Waals surface area contributed by atoms with Gasteiger partial charge in [0.05, 0.1) is 24.4 Å². The Hall–Kier alpha value is -3.28. The maximum atomic E-state index is 12.7. The van der Waals surface area contributed by atoms with Gasteiger partial charge in [-0.05, 0) is 48.9 Å². The van der Waals surface area contributed by atoms with Crippen LogP contribution in [-0.2, 0) is 24.8 Å². The van der Waals surface area contributed by atoms with E-state index in [0.717, 1.165) is 29.4 Å². The predicted octanol–water partition coefficient (Wildman–Crippen LogP) is 3.81. The lowest BCUT2D eigenvalue weighted by atomic mass is 9.79. The molecule has 1 heterocycles. The summed E-state index contributed by atoms with van der Waals surface area (Å²) in [6.07, 6.45) is 3.43. The maximum Gasteiger partial charge on any atom is 0.340 e. The molecule has 6 heteroatoms. The number of benzene rings is 2. The number of carbonyl (C=O) groups excluding carboxylic acids is 1. The molecule has 0 spiro atoms. The van der Waals surface area contributed by atoms with Crippen molar-refractivity contribution in [3.05, 3.63) is 70.4 Å². The fourth-order valence-electron chi connectivity index (χ4n) is 4.64. The minimum Gasteiger partial charge on any atom is -0.462 e. The predicted molar refractivity (Wildman–Crippen MR) is 119 cm³/mol. The van der Waals surface area contributed by atoms with Crippen LogP contribution in [0.15, 0.2) is 42.5 Å². The summed E-state index contributed by atoms with van der Waals surface area (Å²) < 4.78 is 7.33. The van der Waals surface area contributed by atoms with Gasteiger partial charge in [-0.15, -0.1) is 0 Å². The lowest BCUT2D eigenvalue weighted by Gasteiger charge is -2.26. The first-order valence-electron chi connectivity index (χ1n) is 10.4. The number of esters is 1. The number of hydrogen-bond acceptors (Lipinski definition) is 3. The Kier molecular flexibility index (Phi) is 5.48. The lowest BCUT2D eigenvalue weighted by Crippen LogP contribution is -2.31. The second-order valence-electron chi connectivity index (χ2n) is 7.79. The molecule has 0 fully saturated rings. The first-order chi connectivity index (χ1) is 14.5. The summed E-state index contributed by atoms with van der Waals surface area (Å²) in [7, 11) is 1.95. The summed E-state index contributed by atoms with van der Waals surface area (Å²) in [5, 5.41) is 11.2. The number of fused-ring (bicyclic) bond motifs is 2. The van der Waals surface area contributed by atoms with Gasteiger partial charge in [-0.25, -0.2) is 4.79 Å². The van der Waals surface area contributed by atoms with Crippen LogP contribution in [0.2, 0.25) is 0 Å². The molecule has 4 N–H and O–H groups in total. The summed E-state index contributed by atoms with van der Waals surface area (Å²) in [5.41, 5.74) is 11.9. The van der Waals surface area contributed by atoms with Crippen LogP contribution in [-0.4, -0.2) is 23.1 Å². The van der Waals surface area contributed by atoms with Gasteiger partial charge in [0.1, 0.15) is 0 Å². The monoisotopic (exact) mass is 404 g/mol. The highest BCUT2D eigenvalue weighted by molar-refractivity contribution is 6.06. The molecule has 1 atom stereocenters. The van der Waals surface area contributed by atoms with Crippen LogP contribution in [0.5, 0.6) is 0 Å². The zero-order valence-corrected chi connectivity index (χ0v) is 17.5. The van der Waals surface area contributed by atoms with Crippen LogP contribution in [0.1, 0.15) is 58.4 Å². The van der Waals surface area contributed by atoms with Crippen molar-refractivity contribution >= 4 is 22.8 Å². The number of hydrogen-bond donors (Lipinski definition) is 3. The van der Waals surface area contributed by atoms with E-state index in [0.29, 0.717) is 18.1 Å². The Bertz CT molecular complexity index is 1120. The molecule has 1 unspecified atom stereocenters. The smallest absolute Gasteiger partial charge is 0.340 e. The van der Waals surface area contributed by atoms with Crippen LogP contribution < -0.4 is 11.1 Å². The van der Waals surface area contributed by atoms with E-state index in [-0.39, 0.29) is 18.5 Å². The third kappa shape index (κ3) is 3.54. The molecule has 2 aromatic carbocycles. The minimum atomic E-state index is -0.348. The Labute approximate surface area is 176 Å². The van der Waals surface area contributed by atoms with E-state index in [1.54, 1.807) is 6.92 Å². The number of carbonyl (C=O) groups is 1. The highest BCUT2D eigenvalue weighted by atomic mass is 16.5. The van der Waals surface area contributed by atoms with Gasteiger partial charge in [0.15, 0.2) is 5.96 Å². The molecule has 0 saturated heterocycles. The third-order valence-corrected chi connectivity index (χ3v) is 6.04. The first-order valence-corrected chi connectivity index (χ1v) is 10.4. The van der Waals surface area contributed by atoms with Crippen molar-refractivity contribution in [2.24, 2.45) is 12.8 Å². The standard InChI is InChI=1S/C24H28N4O2/c1-3-30-23(29)22-19-12-11-16(13-20(19)28(2)21(22)14-27-24(25)26)18-10-6-8-15-7-4-5-9-17(15)18/h4-5,7,9,11-13,18H,3,6,8,10,14H2,1-2H3,(H4,25,26,27). The van der Waals surface area contributed by atoms with Gasteiger partial charge < -0.3 is 20.4 Å². The number of nitrogens with zero attached hydrogens (tertiary/aromatic N) is 1. The van der Waals surface area contributed by atoms with E-state index in [2.05, 4.69) is 41.7 Å². The van der Waals surface area contributed by atoms with E-state index in [1.165, 1.54) is 23.1 Å². The molecule has 6 nitrogen and oxygen atoms in total. The van der Waals surface area contributed by atoms with Crippen molar-refractivity contribution in [3.63, 3.8) is 0 Å². The molecule has 156 valence electrons. The number of nitrogens with two attached hydrogens (primary N) is 1. The Morgan fingerprint density at radius 3 is 2.87 bits per heavy atom. The third-order valence-electron chi connectivity index (χ3n) is 6.04. The van der Waals surface area contributed by atoms with E-state index in [4.69, 9.17) is 15.9 Å². The zero-order valence-electron chi connectivity index (χ0n) is 17.5. The first kappa shape index (κ1) is 20.0. The highest BCUT2D eigenvalue weighted by Gasteiger charge is 2.25. The number of guanidine groups is 1. The quantitative estimate of drug-likeness (QED) is 0.342. The molecule has 0 bridgehead atoms.